The molecular formula is C16H23N3O2. The quantitative estimate of drug-likeness (QED) is 0.751. The van der Waals surface area contributed by atoms with Gasteiger partial charge in [0, 0.05) is 29.8 Å². The Bertz CT molecular complexity index is 507. The fourth-order valence-electron chi connectivity index (χ4n) is 2.04. The molecule has 2 amide bonds. The summed E-state index contributed by atoms with van der Waals surface area (Å²) in [7, 11) is 0. The Morgan fingerprint density at radius 3 is 2.14 bits per heavy atom. The summed E-state index contributed by atoms with van der Waals surface area (Å²) >= 11 is 0. The van der Waals surface area contributed by atoms with Gasteiger partial charge in [0.15, 0.2) is 0 Å². The van der Waals surface area contributed by atoms with E-state index in [9.17, 15) is 9.59 Å². The van der Waals surface area contributed by atoms with Gasteiger partial charge in [-0.05, 0) is 43.0 Å². The van der Waals surface area contributed by atoms with Crippen LogP contribution >= 0.6 is 0 Å². The number of nitrogens with two attached hydrogens (primary N) is 1. The summed E-state index contributed by atoms with van der Waals surface area (Å²) in [6, 6.07) is 7.06. The summed E-state index contributed by atoms with van der Waals surface area (Å²) in [6.07, 6.45) is 2.63. The molecule has 1 saturated carbocycles. The molecule has 5 nitrogen and oxygen atoms in total. The van der Waals surface area contributed by atoms with Crippen LogP contribution in [-0.2, 0) is 9.59 Å². The molecule has 1 aliphatic rings. The molecule has 1 aromatic rings. The van der Waals surface area contributed by atoms with Gasteiger partial charge in [-0.25, -0.2) is 0 Å². The van der Waals surface area contributed by atoms with E-state index in [-0.39, 0.29) is 23.8 Å². The maximum Gasteiger partial charge on any atom is 0.226 e. The molecule has 114 valence electrons. The number of carbonyl (C=O) groups excluding carboxylic acids is 2. The number of benzene rings is 1. The van der Waals surface area contributed by atoms with Crippen molar-refractivity contribution < 1.29 is 9.59 Å². The van der Waals surface area contributed by atoms with E-state index >= 15 is 0 Å². The van der Waals surface area contributed by atoms with E-state index in [1.54, 1.807) is 24.3 Å². The topological polar surface area (TPSA) is 84.2 Å². The van der Waals surface area contributed by atoms with E-state index in [1.807, 2.05) is 13.8 Å². The normalized spacial score (nSPS) is 15.6. The second-order valence-electron chi connectivity index (χ2n) is 5.97. The minimum Gasteiger partial charge on any atom is -0.327 e. The molecule has 0 bridgehead atoms. The van der Waals surface area contributed by atoms with Crippen molar-refractivity contribution in [3.05, 3.63) is 24.3 Å². The summed E-state index contributed by atoms with van der Waals surface area (Å²) in [4.78, 5) is 23.4. The number of nitrogens with one attached hydrogen (secondary N) is 2. The van der Waals surface area contributed by atoms with Crippen LogP contribution in [0.5, 0.6) is 0 Å². The molecule has 0 heterocycles. The number of carbonyl (C=O) groups is 2. The fourth-order valence-corrected chi connectivity index (χ4v) is 2.04. The third kappa shape index (κ3) is 4.86. The van der Waals surface area contributed by atoms with Crippen molar-refractivity contribution in [1.29, 1.82) is 0 Å². The Morgan fingerprint density at radius 1 is 1.14 bits per heavy atom. The Labute approximate surface area is 125 Å². The van der Waals surface area contributed by atoms with Crippen LogP contribution in [0.15, 0.2) is 24.3 Å². The van der Waals surface area contributed by atoms with E-state index in [2.05, 4.69) is 10.6 Å². The zero-order chi connectivity index (χ0) is 15.4. The Balaban J connectivity index is 1.83. The summed E-state index contributed by atoms with van der Waals surface area (Å²) in [5.74, 6) is 0.369. The van der Waals surface area contributed by atoms with Crippen LogP contribution in [0.1, 0.15) is 33.1 Å². The van der Waals surface area contributed by atoms with Crippen LogP contribution in [0.3, 0.4) is 0 Å². The molecule has 1 atom stereocenters. The lowest BCUT2D eigenvalue weighted by Gasteiger charge is -2.11. The Hall–Kier alpha value is -1.88. The number of rotatable bonds is 6. The minimum absolute atomic E-state index is 0.0257. The Morgan fingerprint density at radius 2 is 1.67 bits per heavy atom. The third-order valence-corrected chi connectivity index (χ3v) is 3.61. The van der Waals surface area contributed by atoms with Gasteiger partial charge in [0.05, 0.1) is 0 Å². The van der Waals surface area contributed by atoms with Gasteiger partial charge < -0.3 is 16.4 Å². The van der Waals surface area contributed by atoms with Gasteiger partial charge in [0.1, 0.15) is 0 Å². The predicted molar refractivity (Wildman–Crippen MR) is 83.9 cm³/mol. The molecule has 0 saturated heterocycles. The molecule has 1 fully saturated rings. The molecule has 0 aliphatic heterocycles. The summed E-state index contributed by atoms with van der Waals surface area (Å²) in [5, 5.41) is 5.63. The van der Waals surface area contributed by atoms with Crippen LogP contribution in [0, 0.1) is 11.8 Å². The maximum atomic E-state index is 11.8. The van der Waals surface area contributed by atoms with Gasteiger partial charge in [-0.15, -0.1) is 0 Å². The van der Waals surface area contributed by atoms with Crippen LogP contribution in [0.4, 0.5) is 11.4 Å². The molecule has 4 N–H and O–H groups in total. The average Bonchev–Trinajstić information content (AvgIpc) is 3.25. The summed E-state index contributed by atoms with van der Waals surface area (Å²) < 4.78 is 0. The molecular weight excluding hydrogens is 266 g/mol. The van der Waals surface area contributed by atoms with Gasteiger partial charge in [-0.3, -0.25) is 9.59 Å². The van der Waals surface area contributed by atoms with Gasteiger partial charge in [0.25, 0.3) is 0 Å². The second kappa shape index (κ2) is 6.72. The lowest BCUT2D eigenvalue weighted by atomic mass is 10.1. The summed E-state index contributed by atoms with van der Waals surface area (Å²) in [6.45, 7) is 3.68. The van der Waals surface area contributed by atoms with E-state index in [0.717, 1.165) is 18.5 Å². The van der Waals surface area contributed by atoms with Gasteiger partial charge in [0.2, 0.25) is 11.8 Å². The molecule has 0 radical (unpaired) electrons. The van der Waals surface area contributed by atoms with Crippen molar-refractivity contribution in [1.82, 2.24) is 0 Å². The second-order valence-corrected chi connectivity index (χ2v) is 5.97. The minimum atomic E-state index is -0.0618. The molecule has 21 heavy (non-hydrogen) atoms. The first kappa shape index (κ1) is 15.5. The van der Waals surface area contributed by atoms with Gasteiger partial charge >= 0.3 is 0 Å². The van der Waals surface area contributed by atoms with Crippen LogP contribution in [-0.4, -0.2) is 17.9 Å². The standard InChI is InChI=1S/C16H23N3O2/c1-10(2)16(21)19-13-7-5-12(6-8-13)18-15(20)9-14(17)11-3-4-11/h5-8,10-11,14H,3-4,9,17H2,1-2H3,(H,18,20)(H,19,21). The highest BCUT2D eigenvalue weighted by atomic mass is 16.2. The smallest absolute Gasteiger partial charge is 0.226 e. The molecule has 1 unspecified atom stereocenters. The maximum absolute atomic E-state index is 11.8. The highest BCUT2D eigenvalue weighted by Crippen LogP contribution is 2.32. The number of anilines is 2. The van der Waals surface area contributed by atoms with Crippen molar-refractivity contribution in [2.75, 3.05) is 10.6 Å². The molecule has 2 rings (SSSR count). The SMILES string of the molecule is CC(C)C(=O)Nc1ccc(NC(=O)CC(N)C2CC2)cc1. The molecule has 1 aliphatic carbocycles. The highest BCUT2D eigenvalue weighted by Gasteiger charge is 2.29. The number of hydrogen-bond donors (Lipinski definition) is 3. The highest BCUT2D eigenvalue weighted by molar-refractivity contribution is 5.93. The lowest BCUT2D eigenvalue weighted by Crippen LogP contribution is -2.28. The fraction of sp³-hybridized carbons (Fsp3) is 0.500. The van der Waals surface area contributed by atoms with Crippen molar-refractivity contribution >= 4 is 23.2 Å². The lowest BCUT2D eigenvalue weighted by molar-refractivity contribution is -0.119. The molecule has 0 aromatic heterocycles. The van der Waals surface area contributed by atoms with Crippen molar-refractivity contribution in [2.24, 2.45) is 17.6 Å². The van der Waals surface area contributed by atoms with Crippen LogP contribution < -0.4 is 16.4 Å². The van der Waals surface area contributed by atoms with E-state index < -0.39 is 0 Å². The van der Waals surface area contributed by atoms with Crippen molar-refractivity contribution in [3.8, 4) is 0 Å². The monoisotopic (exact) mass is 289 g/mol. The van der Waals surface area contributed by atoms with Gasteiger partial charge in [-0.1, -0.05) is 13.8 Å². The van der Waals surface area contributed by atoms with E-state index in [4.69, 9.17) is 5.73 Å². The summed E-state index contributed by atoms with van der Waals surface area (Å²) in [5.41, 5.74) is 7.37. The zero-order valence-electron chi connectivity index (χ0n) is 12.6. The molecule has 0 spiro atoms. The van der Waals surface area contributed by atoms with Crippen molar-refractivity contribution in [2.45, 2.75) is 39.2 Å². The van der Waals surface area contributed by atoms with Crippen LogP contribution in [0.25, 0.3) is 0 Å². The molecule has 5 heteroatoms. The van der Waals surface area contributed by atoms with Crippen LogP contribution in [0.2, 0.25) is 0 Å². The largest absolute Gasteiger partial charge is 0.327 e. The zero-order valence-corrected chi connectivity index (χ0v) is 12.6. The number of amides is 2. The predicted octanol–water partition coefficient (Wildman–Crippen LogP) is 2.35. The number of hydrogen-bond acceptors (Lipinski definition) is 3. The first-order valence-corrected chi connectivity index (χ1v) is 7.42. The Kier molecular flexibility index (Phi) is 4.96. The van der Waals surface area contributed by atoms with E-state index in [0.29, 0.717) is 18.0 Å². The first-order valence-electron chi connectivity index (χ1n) is 7.42. The van der Waals surface area contributed by atoms with Crippen molar-refractivity contribution in [3.63, 3.8) is 0 Å². The first-order chi connectivity index (χ1) is 9.95. The van der Waals surface area contributed by atoms with E-state index in [1.165, 1.54) is 0 Å². The molecule has 1 aromatic carbocycles. The third-order valence-electron chi connectivity index (χ3n) is 3.61. The average molecular weight is 289 g/mol. The van der Waals surface area contributed by atoms with Gasteiger partial charge in [-0.2, -0.15) is 0 Å².